The molecule has 4 nitrogen and oxygen atoms in total. The molecule has 1 heterocycles. The summed E-state index contributed by atoms with van der Waals surface area (Å²) in [5.74, 6) is -1.07. The molecule has 0 saturated carbocycles. The average molecular weight is 432 g/mol. The van der Waals surface area contributed by atoms with Crippen molar-refractivity contribution in [3.63, 3.8) is 0 Å². The van der Waals surface area contributed by atoms with Crippen LogP contribution < -0.4 is 0 Å². The van der Waals surface area contributed by atoms with Crippen molar-refractivity contribution in [2.45, 2.75) is 52.9 Å². The highest BCUT2D eigenvalue weighted by Gasteiger charge is 2.46. The largest absolute Gasteiger partial charge is 0.465 e. The molecule has 144 valence electrons. The van der Waals surface area contributed by atoms with Gasteiger partial charge in [0.2, 0.25) is 0 Å². The Kier molecular flexibility index (Phi) is 5.71. The fourth-order valence-corrected chi connectivity index (χ4v) is 4.45. The predicted molar refractivity (Wildman–Crippen MR) is 110 cm³/mol. The van der Waals surface area contributed by atoms with Crippen molar-refractivity contribution in [1.82, 2.24) is 0 Å². The van der Waals surface area contributed by atoms with E-state index in [1.807, 2.05) is 31.2 Å². The number of benzene rings is 1. The van der Waals surface area contributed by atoms with E-state index in [0.29, 0.717) is 25.0 Å². The van der Waals surface area contributed by atoms with Crippen molar-refractivity contribution < 1.29 is 14.3 Å². The number of ketones is 1. The van der Waals surface area contributed by atoms with Crippen LogP contribution in [0, 0.1) is 11.3 Å². The van der Waals surface area contributed by atoms with Gasteiger partial charge in [0.1, 0.15) is 5.92 Å². The Morgan fingerprint density at radius 3 is 2.48 bits per heavy atom. The number of rotatable bonds is 4. The van der Waals surface area contributed by atoms with Gasteiger partial charge in [-0.1, -0.05) is 48.8 Å². The van der Waals surface area contributed by atoms with Crippen LogP contribution in [0.2, 0.25) is 0 Å². The average Bonchev–Trinajstić information content (AvgIpc) is 2.59. The van der Waals surface area contributed by atoms with E-state index in [2.05, 4.69) is 29.8 Å². The number of hydrogen-bond donors (Lipinski definition) is 0. The Labute approximate surface area is 169 Å². The highest BCUT2D eigenvalue weighted by atomic mass is 79.9. The molecule has 0 radical (unpaired) electrons. The predicted octanol–water partition coefficient (Wildman–Crippen LogP) is 5.22. The molecule has 0 saturated heterocycles. The zero-order chi connectivity index (χ0) is 19.8. The third-order valence-electron chi connectivity index (χ3n) is 5.31. The normalized spacial score (nSPS) is 24.3. The smallest absolute Gasteiger partial charge is 0.315 e. The van der Waals surface area contributed by atoms with Gasteiger partial charge >= 0.3 is 5.97 Å². The molecule has 1 aliphatic carbocycles. The molecule has 2 aliphatic rings. The fraction of sp³-hybridized carbons (Fsp3) is 0.500. The minimum Gasteiger partial charge on any atom is -0.465 e. The van der Waals surface area contributed by atoms with Crippen LogP contribution in [-0.2, 0) is 14.3 Å². The van der Waals surface area contributed by atoms with E-state index in [9.17, 15) is 9.59 Å². The van der Waals surface area contributed by atoms with Crippen molar-refractivity contribution >= 4 is 33.4 Å². The van der Waals surface area contributed by atoms with Crippen molar-refractivity contribution in [3.8, 4) is 0 Å². The molecule has 1 unspecified atom stereocenters. The first kappa shape index (κ1) is 20.0. The Hall–Kier alpha value is -1.75. The topological polar surface area (TPSA) is 55.7 Å². The van der Waals surface area contributed by atoms with Gasteiger partial charge < -0.3 is 4.74 Å². The van der Waals surface area contributed by atoms with E-state index in [4.69, 9.17) is 9.73 Å². The van der Waals surface area contributed by atoms with Gasteiger partial charge in [0.05, 0.1) is 6.61 Å². The minimum absolute atomic E-state index is 0.0994. The number of nitrogens with zero attached hydrogens (tertiary/aromatic N) is 1. The second kappa shape index (κ2) is 7.70. The van der Waals surface area contributed by atoms with Gasteiger partial charge in [-0.15, -0.1) is 0 Å². The van der Waals surface area contributed by atoms with Crippen molar-refractivity contribution in [2.24, 2.45) is 16.3 Å². The number of carbonyl (C=O) groups excluding carboxylic acids is 2. The molecule has 0 fully saturated rings. The lowest BCUT2D eigenvalue weighted by Gasteiger charge is -2.39. The fourth-order valence-electron chi connectivity index (χ4n) is 4.19. The number of carbonyl (C=O) groups is 2. The van der Waals surface area contributed by atoms with Crippen molar-refractivity contribution in [2.75, 3.05) is 6.61 Å². The summed E-state index contributed by atoms with van der Waals surface area (Å²) in [6, 6.07) is 7.87. The second-order valence-electron chi connectivity index (χ2n) is 8.02. The molecule has 1 aromatic carbocycles. The van der Waals surface area contributed by atoms with Crippen LogP contribution in [0.4, 0.5) is 0 Å². The van der Waals surface area contributed by atoms with E-state index in [1.54, 1.807) is 6.92 Å². The summed E-state index contributed by atoms with van der Waals surface area (Å²) in [6.07, 6.45) is 1.88. The molecule has 0 aromatic heterocycles. The summed E-state index contributed by atoms with van der Waals surface area (Å²) in [5, 5.41) is 0. The first-order valence-corrected chi connectivity index (χ1v) is 10.3. The maximum atomic E-state index is 13.1. The molecule has 2 atom stereocenters. The highest BCUT2D eigenvalue weighted by molar-refractivity contribution is 9.10. The van der Waals surface area contributed by atoms with Gasteiger partial charge in [-0.3, -0.25) is 14.6 Å². The van der Waals surface area contributed by atoms with Crippen molar-refractivity contribution in [3.05, 3.63) is 45.6 Å². The first-order valence-electron chi connectivity index (χ1n) is 9.53. The lowest BCUT2D eigenvalue weighted by Crippen LogP contribution is -2.40. The van der Waals surface area contributed by atoms with Gasteiger partial charge in [-0.25, -0.2) is 0 Å². The molecule has 0 N–H and O–H groups in total. The van der Waals surface area contributed by atoms with Crippen LogP contribution in [0.25, 0.3) is 0 Å². The Balaban J connectivity index is 2.19. The third-order valence-corrected chi connectivity index (χ3v) is 5.84. The number of aliphatic imine (C=N–C) groups is 1. The van der Waals surface area contributed by atoms with E-state index in [0.717, 1.165) is 27.9 Å². The molecule has 27 heavy (non-hydrogen) atoms. The maximum Gasteiger partial charge on any atom is 0.315 e. The summed E-state index contributed by atoms with van der Waals surface area (Å²) in [4.78, 5) is 30.8. The van der Waals surface area contributed by atoms with E-state index >= 15 is 0 Å². The van der Waals surface area contributed by atoms with E-state index in [1.165, 1.54) is 0 Å². The standard InChI is InChI=1S/C22H26BrNO3/c1-5-15-20(21(26)27-6-2)18(13-7-9-14(23)10-8-13)19-16(24-15)11-22(3,4)12-17(19)25/h7-10,18,20H,5-6,11-12H2,1-4H3/t18-,20?/m0/s1. The van der Waals surface area contributed by atoms with Crippen LogP contribution in [0.5, 0.6) is 0 Å². The molecular weight excluding hydrogens is 406 g/mol. The van der Waals surface area contributed by atoms with E-state index < -0.39 is 5.92 Å². The Morgan fingerprint density at radius 1 is 1.22 bits per heavy atom. The molecule has 1 aliphatic heterocycles. The molecular formula is C22H26BrNO3. The molecule has 3 rings (SSSR count). The van der Waals surface area contributed by atoms with Gasteiger partial charge in [0, 0.05) is 33.8 Å². The first-order chi connectivity index (χ1) is 12.8. The number of Topliss-reactive ketones (excluding diaryl/α,β-unsaturated/α-hetero) is 1. The Morgan fingerprint density at radius 2 is 1.89 bits per heavy atom. The van der Waals surface area contributed by atoms with Crippen LogP contribution in [-0.4, -0.2) is 24.1 Å². The zero-order valence-corrected chi connectivity index (χ0v) is 17.9. The summed E-state index contributed by atoms with van der Waals surface area (Å²) in [7, 11) is 0. The van der Waals surface area contributed by atoms with E-state index in [-0.39, 0.29) is 23.1 Å². The molecule has 1 aromatic rings. The lowest BCUT2D eigenvalue weighted by molar-refractivity contribution is -0.146. The second-order valence-corrected chi connectivity index (χ2v) is 8.93. The molecule has 5 heteroatoms. The number of halogens is 1. The van der Waals surface area contributed by atoms with Gasteiger partial charge in [-0.2, -0.15) is 0 Å². The number of allylic oxidation sites excluding steroid dienone is 2. The van der Waals surface area contributed by atoms with Crippen molar-refractivity contribution in [1.29, 1.82) is 0 Å². The summed E-state index contributed by atoms with van der Waals surface area (Å²) in [5.41, 5.74) is 3.20. The SMILES string of the molecule is CCOC(=O)C1C(CC)=NC2=C(C(=O)CC(C)(C)C2)[C@@H]1c1ccc(Br)cc1. The van der Waals surface area contributed by atoms with Crippen LogP contribution in [0.15, 0.2) is 45.0 Å². The number of esters is 1. The quantitative estimate of drug-likeness (QED) is 0.613. The molecule has 0 amide bonds. The number of hydrogen-bond acceptors (Lipinski definition) is 4. The van der Waals surface area contributed by atoms with Gasteiger partial charge in [-0.05, 0) is 42.9 Å². The summed E-state index contributed by atoms with van der Waals surface area (Å²) >= 11 is 3.47. The lowest BCUT2D eigenvalue weighted by atomic mass is 9.66. The van der Waals surface area contributed by atoms with Crippen LogP contribution in [0.1, 0.15) is 58.4 Å². The minimum atomic E-state index is -0.542. The Bertz CT molecular complexity index is 820. The molecule has 0 spiro atoms. The monoisotopic (exact) mass is 431 g/mol. The number of ether oxygens (including phenoxy) is 1. The zero-order valence-electron chi connectivity index (χ0n) is 16.3. The summed E-state index contributed by atoms with van der Waals surface area (Å²) in [6.45, 7) is 8.32. The van der Waals surface area contributed by atoms with Crippen LogP contribution >= 0.6 is 15.9 Å². The van der Waals surface area contributed by atoms with Gasteiger partial charge in [0.15, 0.2) is 5.78 Å². The maximum absolute atomic E-state index is 13.1. The summed E-state index contributed by atoms with van der Waals surface area (Å²) < 4.78 is 6.34. The molecule has 0 bridgehead atoms. The highest BCUT2D eigenvalue weighted by Crippen LogP contribution is 2.48. The third kappa shape index (κ3) is 3.93. The van der Waals surface area contributed by atoms with Crippen LogP contribution in [0.3, 0.4) is 0 Å². The van der Waals surface area contributed by atoms with Gasteiger partial charge in [0.25, 0.3) is 0 Å².